The van der Waals surface area contributed by atoms with Crippen LogP contribution in [0.1, 0.15) is 40.5 Å². The maximum atomic E-state index is 13.3. The van der Waals surface area contributed by atoms with Crippen molar-refractivity contribution in [3.8, 4) is 0 Å². The van der Waals surface area contributed by atoms with Crippen LogP contribution in [0.25, 0.3) is 0 Å². The van der Waals surface area contributed by atoms with Gasteiger partial charge in [0.15, 0.2) is 6.23 Å². The van der Waals surface area contributed by atoms with E-state index in [0.29, 0.717) is 39.4 Å². The molecule has 0 radical (unpaired) electrons. The van der Waals surface area contributed by atoms with Crippen LogP contribution < -0.4 is 16.8 Å². The summed E-state index contributed by atoms with van der Waals surface area (Å²) in [6, 6.07) is -0.660. The number of nitrogens with one attached hydrogen (secondary N) is 1. The SMILES string of the molecule is CCC(C)C(N)CN(CCN1CCOCC1)C(=O)C(=O)OC(NCCN1CCOCC1)C(N)C(C)CC. The second-order valence-corrected chi connectivity index (χ2v) is 10.5. The predicted molar refractivity (Wildman–Crippen MR) is 144 cm³/mol. The van der Waals surface area contributed by atoms with E-state index in [0.717, 1.165) is 58.8 Å². The summed E-state index contributed by atoms with van der Waals surface area (Å²) in [4.78, 5) is 32.6. The number of hydrogen-bond acceptors (Lipinski definition) is 10. The van der Waals surface area contributed by atoms with Crippen LogP contribution in [0.4, 0.5) is 0 Å². The number of morpholine rings is 2. The third kappa shape index (κ3) is 11.1. The molecule has 0 bridgehead atoms. The van der Waals surface area contributed by atoms with Gasteiger partial charge in [0.1, 0.15) is 0 Å². The van der Waals surface area contributed by atoms with Gasteiger partial charge in [0.25, 0.3) is 0 Å². The van der Waals surface area contributed by atoms with E-state index in [4.69, 9.17) is 25.7 Å². The van der Waals surface area contributed by atoms with Crippen molar-refractivity contribution in [3.63, 3.8) is 0 Å². The maximum absolute atomic E-state index is 13.3. The average molecular weight is 529 g/mol. The zero-order chi connectivity index (χ0) is 27.2. The quantitative estimate of drug-likeness (QED) is 0.147. The third-order valence-corrected chi connectivity index (χ3v) is 7.82. The molecule has 0 aromatic rings. The fourth-order valence-corrected chi connectivity index (χ4v) is 4.41. The maximum Gasteiger partial charge on any atom is 0.398 e. The summed E-state index contributed by atoms with van der Waals surface area (Å²) in [7, 11) is 0. The Bertz CT molecular complexity index is 659. The number of carbonyl (C=O) groups is 2. The van der Waals surface area contributed by atoms with E-state index in [9.17, 15) is 9.59 Å². The molecule has 0 aromatic carbocycles. The van der Waals surface area contributed by atoms with Crippen LogP contribution in [0.3, 0.4) is 0 Å². The van der Waals surface area contributed by atoms with Crippen molar-refractivity contribution < 1.29 is 23.8 Å². The van der Waals surface area contributed by atoms with Gasteiger partial charge in [-0.2, -0.15) is 0 Å². The van der Waals surface area contributed by atoms with Crippen molar-refractivity contribution in [2.24, 2.45) is 23.3 Å². The Kier molecular flexibility index (Phi) is 14.9. The lowest BCUT2D eigenvalue weighted by Crippen LogP contribution is -2.55. The van der Waals surface area contributed by atoms with Gasteiger partial charge in [-0.1, -0.05) is 40.5 Å². The Morgan fingerprint density at radius 1 is 0.919 bits per heavy atom. The van der Waals surface area contributed by atoms with Gasteiger partial charge in [0, 0.05) is 64.9 Å². The molecule has 0 saturated carbocycles. The average Bonchev–Trinajstić information content (AvgIpc) is 2.93. The molecule has 2 heterocycles. The second kappa shape index (κ2) is 17.3. The summed E-state index contributed by atoms with van der Waals surface area (Å²) in [5.41, 5.74) is 12.9. The van der Waals surface area contributed by atoms with E-state index in [1.807, 2.05) is 13.8 Å². The Morgan fingerprint density at radius 3 is 2.00 bits per heavy atom. The van der Waals surface area contributed by atoms with Crippen molar-refractivity contribution in [2.45, 2.75) is 58.8 Å². The Balaban J connectivity index is 2.02. The van der Waals surface area contributed by atoms with Gasteiger partial charge in [-0.25, -0.2) is 4.79 Å². The molecular weight excluding hydrogens is 476 g/mol. The van der Waals surface area contributed by atoms with Crippen molar-refractivity contribution in [2.75, 3.05) is 85.3 Å². The van der Waals surface area contributed by atoms with Gasteiger partial charge in [-0.3, -0.25) is 19.9 Å². The van der Waals surface area contributed by atoms with Crippen molar-refractivity contribution in [1.82, 2.24) is 20.0 Å². The van der Waals surface area contributed by atoms with Crippen LogP contribution in [0.5, 0.6) is 0 Å². The van der Waals surface area contributed by atoms with Crippen LogP contribution in [0, 0.1) is 11.8 Å². The fraction of sp³-hybridized carbons (Fsp3) is 0.923. The molecule has 0 spiro atoms. The summed E-state index contributed by atoms with van der Waals surface area (Å²) in [5, 5.41) is 3.29. The molecule has 2 aliphatic rings. The zero-order valence-corrected chi connectivity index (χ0v) is 23.5. The first-order valence-corrected chi connectivity index (χ1v) is 14.1. The number of carbonyl (C=O) groups excluding carboxylic acids is 2. The topological polar surface area (TPSA) is 136 Å². The van der Waals surface area contributed by atoms with E-state index in [1.165, 1.54) is 0 Å². The molecule has 216 valence electrons. The Hall–Kier alpha value is -1.34. The first kappa shape index (κ1) is 31.9. The van der Waals surface area contributed by atoms with Crippen LogP contribution in [0.2, 0.25) is 0 Å². The molecule has 11 nitrogen and oxygen atoms in total. The fourth-order valence-electron chi connectivity index (χ4n) is 4.41. The molecule has 1 amide bonds. The Morgan fingerprint density at radius 2 is 1.46 bits per heavy atom. The number of hydrogen-bond donors (Lipinski definition) is 3. The number of ether oxygens (including phenoxy) is 3. The van der Waals surface area contributed by atoms with Crippen LogP contribution in [-0.4, -0.2) is 130 Å². The normalized spacial score (nSPS) is 21.6. The highest BCUT2D eigenvalue weighted by Crippen LogP contribution is 2.13. The summed E-state index contributed by atoms with van der Waals surface area (Å²) in [5.74, 6) is -1.22. The molecule has 5 unspecified atom stereocenters. The number of esters is 1. The lowest BCUT2D eigenvalue weighted by atomic mass is 9.98. The highest BCUT2D eigenvalue weighted by molar-refractivity contribution is 6.32. The van der Waals surface area contributed by atoms with Gasteiger partial charge >= 0.3 is 11.9 Å². The summed E-state index contributed by atoms with van der Waals surface area (Å²) < 4.78 is 16.6. The summed E-state index contributed by atoms with van der Waals surface area (Å²) >= 11 is 0. The van der Waals surface area contributed by atoms with Gasteiger partial charge in [0.05, 0.1) is 32.5 Å². The van der Waals surface area contributed by atoms with Crippen LogP contribution >= 0.6 is 0 Å². The molecule has 0 aliphatic carbocycles. The van der Waals surface area contributed by atoms with E-state index in [1.54, 1.807) is 4.90 Å². The molecular formula is C26H52N6O5. The minimum absolute atomic E-state index is 0.111. The third-order valence-electron chi connectivity index (χ3n) is 7.82. The molecule has 5 N–H and O–H groups in total. The zero-order valence-electron chi connectivity index (χ0n) is 23.5. The highest BCUT2D eigenvalue weighted by Gasteiger charge is 2.32. The summed E-state index contributed by atoms with van der Waals surface area (Å²) in [6.07, 6.45) is 0.983. The minimum atomic E-state index is -0.888. The van der Waals surface area contributed by atoms with Crippen molar-refractivity contribution >= 4 is 11.9 Å². The second-order valence-electron chi connectivity index (χ2n) is 10.5. The first-order valence-electron chi connectivity index (χ1n) is 14.1. The van der Waals surface area contributed by atoms with Crippen molar-refractivity contribution in [1.29, 1.82) is 0 Å². The van der Waals surface area contributed by atoms with E-state index in [-0.39, 0.29) is 17.9 Å². The minimum Gasteiger partial charge on any atom is -0.438 e. The number of nitrogens with zero attached hydrogens (tertiary/aromatic N) is 3. The number of amides is 1. The lowest BCUT2D eigenvalue weighted by Gasteiger charge is -2.33. The molecule has 2 saturated heterocycles. The molecule has 2 aliphatic heterocycles. The molecule has 37 heavy (non-hydrogen) atoms. The standard InChI is InChI=1S/C26H52N6O5/c1-5-20(3)22(27)19-32(10-9-31-13-17-36-18-14-31)25(33)26(34)37-24(23(28)21(4)6-2)29-7-8-30-11-15-35-16-12-30/h20-24,29H,5-19,27-28H2,1-4H3. The van der Waals surface area contributed by atoms with Crippen LogP contribution in [0.15, 0.2) is 0 Å². The summed E-state index contributed by atoms with van der Waals surface area (Å²) in [6.45, 7) is 17.1. The van der Waals surface area contributed by atoms with Crippen molar-refractivity contribution in [3.05, 3.63) is 0 Å². The molecule has 11 heteroatoms. The van der Waals surface area contributed by atoms with E-state index >= 15 is 0 Å². The largest absolute Gasteiger partial charge is 0.438 e. The van der Waals surface area contributed by atoms with Gasteiger partial charge in [-0.05, 0) is 11.8 Å². The van der Waals surface area contributed by atoms with E-state index < -0.39 is 24.1 Å². The van der Waals surface area contributed by atoms with Crippen LogP contribution in [-0.2, 0) is 23.8 Å². The molecule has 0 aromatic heterocycles. The number of rotatable bonds is 15. The van der Waals surface area contributed by atoms with Gasteiger partial charge < -0.3 is 30.6 Å². The predicted octanol–water partition coefficient (Wildman–Crippen LogP) is -0.315. The first-order chi connectivity index (χ1) is 17.8. The molecule has 2 fully saturated rings. The monoisotopic (exact) mass is 528 g/mol. The smallest absolute Gasteiger partial charge is 0.398 e. The van der Waals surface area contributed by atoms with E-state index in [2.05, 4.69) is 29.0 Å². The lowest BCUT2D eigenvalue weighted by molar-refractivity contribution is -0.166. The highest BCUT2D eigenvalue weighted by atomic mass is 16.6. The Labute approximate surface area is 223 Å². The van der Waals surface area contributed by atoms with Gasteiger partial charge in [0.2, 0.25) is 0 Å². The number of nitrogens with two attached hydrogens (primary N) is 2. The molecule has 2 rings (SSSR count). The molecule has 5 atom stereocenters. The van der Waals surface area contributed by atoms with Gasteiger partial charge in [-0.15, -0.1) is 0 Å².